The molecule has 1 amide bonds. The van der Waals surface area contributed by atoms with Crippen LogP contribution in [0.1, 0.15) is 64.7 Å². The van der Waals surface area contributed by atoms with Gasteiger partial charge in [0, 0.05) is 19.0 Å². The number of piperidine rings is 1. The summed E-state index contributed by atoms with van der Waals surface area (Å²) in [7, 11) is 0. The molecule has 3 N–H and O–H groups in total. The van der Waals surface area contributed by atoms with E-state index in [4.69, 9.17) is 0 Å². The van der Waals surface area contributed by atoms with E-state index in [1.54, 1.807) is 0 Å². The molecular formula is C16H30N2O2. The second-order valence-electron chi connectivity index (χ2n) is 6.87. The maximum Gasteiger partial charge on any atom is 0.220 e. The number of aliphatic hydroxyl groups is 1. The predicted octanol–water partition coefficient (Wildman–Crippen LogP) is 1.97. The van der Waals surface area contributed by atoms with Crippen LogP contribution >= 0.6 is 0 Å². The second-order valence-corrected chi connectivity index (χ2v) is 6.87. The maximum atomic E-state index is 11.9. The molecule has 0 spiro atoms. The largest absolute Gasteiger partial charge is 0.388 e. The van der Waals surface area contributed by atoms with E-state index in [1.165, 1.54) is 19.3 Å². The zero-order valence-corrected chi connectivity index (χ0v) is 12.8. The van der Waals surface area contributed by atoms with Gasteiger partial charge in [0.25, 0.3) is 0 Å². The van der Waals surface area contributed by atoms with E-state index in [0.29, 0.717) is 24.9 Å². The lowest BCUT2D eigenvalue weighted by Crippen LogP contribution is -2.45. The molecule has 0 radical (unpaired) electrons. The van der Waals surface area contributed by atoms with E-state index in [2.05, 4.69) is 17.6 Å². The molecule has 1 saturated carbocycles. The molecule has 1 heterocycles. The molecule has 20 heavy (non-hydrogen) atoms. The molecule has 0 aromatic rings. The van der Waals surface area contributed by atoms with Crippen LogP contribution in [0.5, 0.6) is 0 Å². The predicted molar refractivity (Wildman–Crippen MR) is 80.5 cm³/mol. The topological polar surface area (TPSA) is 61.4 Å². The van der Waals surface area contributed by atoms with Crippen LogP contribution in [0.2, 0.25) is 0 Å². The Hall–Kier alpha value is -0.610. The Morgan fingerprint density at radius 2 is 2.05 bits per heavy atom. The highest BCUT2D eigenvalue weighted by molar-refractivity contribution is 5.75. The van der Waals surface area contributed by atoms with Gasteiger partial charge in [0.2, 0.25) is 5.91 Å². The minimum Gasteiger partial charge on any atom is -0.388 e. The van der Waals surface area contributed by atoms with Crippen molar-refractivity contribution in [3.63, 3.8) is 0 Å². The highest BCUT2D eigenvalue weighted by atomic mass is 16.3. The Morgan fingerprint density at radius 1 is 1.30 bits per heavy atom. The Labute approximate surface area is 122 Å². The molecule has 4 heteroatoms. The SMILES string of the molecule is CC1CCC(O)(CNC(=O)CCC2CCCCN2)CC1. The van der Waals surface area contributed by atoms with E-state index < -0.39 is 5.60 Å². The molecule has 116 valence electrons. The van der Waals surface area contributed by atoms with Crippen molar-refractivity contribution in [2.45, 2.75) is 76.4 Å². The number of amides is 1. The Morgan fingerprint density at radius 3 is 2.70 bits per heavy atom. The van der Waals surface area contributed by atoms with Gasteiger partial charge in [0.1, 0.15) is 0 Å². The van der Waals surface area contributed by atoms with Crippen LogP contribution in [-0.2, 0) is 4.79 Å². The van der Waals surface area contributed by atoms with E-state index in [-0.39, 0.29) is 5.91 Å². The highest BCUT2D eigenvalue weighted by Crippen LogP contribution is 2.31. The number of rotatable bonds is 5. The summed E-state index contributed by atoms with van der Waals surface area (Å²) in [6.45, 7) is 3.75. The van der Waals surface area contributed by atoms with Gasteiger partial charge >= 0.3 is 0 Å². The van der Waals surface area contributed by atoms with E-state index in [1.807, 2.05) is 0 Å². The van der Waals surface area contributed by atoms with Gasteiger partial charge in [-0.3, -0.25) is 4.79 Å². The van der Waals surface area contributed by atoms with E-state index in [0.717, 1.165) is 38.6 Å². The van der Waals surface area contributed by atoms with Crippen molar-refractivity contribution in [3.05, 3.63) is 0 Å². The van der Waals surface area contributed by atoms with Gasteiger partial charge in [-0.05, 0) is 57.4 Å². The first-order valence-corrected chi connectivity index (χ1v) is 8.30. The zero-order chi connectivity index (χ0) is 14.4. The molecule has 2 rings (SSSR count). The van der Waals surface area contributed by atoms with Crippen molar-refractivity contribution in [1.82, 2.24) is 10.6 Å². The lowest BCUT2D eigenvalue weighted by atomic mass is 9.79. The van der Waals surface area contributed by atoms with Crippen molar-refractivity contribution in [1.29, 1.82) is 0 Å². The average Bonchev–Trinajstić information content (AvgIpc) is 2.48. The van der Waals surface area contributed by atoms with Gasteiger partial charge < -0.3 is 15.7 Å². The number of carbonyl (C=O) groups is 1. The van der Waals surface area contributed by atoms with E-state index in [9.17, 15) is 9.90 Å². The molecule has 2 aliphatic rings. The molecule has 4 nitrogen and oxygen atoms in total. The van der Waals surface area contributed by atoms with Gasteiger partial charge in [0.05, 0.1) is 5.60 Å². The summed E-state index contributed by atoms with van der Waals surface area (Å²) in [4.78, 5) is 11.9. The first kappa shape index (κ1) is 15.8. The van der Waals surface area contributed by atoms with Crippen LogP contribution in [0.3, 0.4) is 0 Å². The van der Waals surface area contributed by atoms with Crippen LogP contribution in [-0.4, -0.2) is 35.7 Å². The zero-order valence-electron chi connectivity index (χ0n) is 12.8. The third-order valence-electron chi connectivity index (χ3n) is 4.95. The quantitative estimate of drug-likeness (QED) is 0.722. The fraction of sp³-hybridized carbons (Fsp3) is 0.938. The van der Waals surface area contributed by atoms with E-state index >= 15 is 0 Å². The first-order valence-electron chi connectivity index (χ1n) is 8.30. The van der Waals surface area contributed by atoms with Crippen molar-refractivity contribution in [2.75, 3.05) is 13.1 Å². The molecule has 0 aromatic heterocycles. The van der Waals surface area contributed by atoms with Crippen molar-refractivity contribution < 1.29 is 9.90 Å². The van der Waals surface area contributed by atoms with Crippen LogP contribution in [0.4, 0.5) is 0 Å². The summed E-state index contributed by atoms with van der Waals surface area (Å²) >= 11 is 0. The van der Waals surface area contributed by atoms with Crippen LogP contribution in [0.15, 0.2) is 0 Å². The second kappa shape index (κ2) is 7.41. The van der Waals surface area contributed by atoms with Gasteiger partial charge in [-0.25, -0.2) is 0 Å². The van der Waals surface area contributed by atoms with Crippen molar-refractivity contribution in [2.24, 2.45) is 5.92 Å². The van der Waals surface area contributed by atoms with Crippen LogP contribution < -0.4 is 10.6 Å². The van der Waals surface area contributed by atoms with Crippen LogP contribution in [0, 0.1) is 5.92 Å². The normalized spacial score (nSPS) is 34.7. The fourth-order valence-electron chi connectivity index (χ4n) is 3.30. The number of carbonyl (C=O) groups excluding carboxylic acids is 1. The Balaban J connectivity index is 1.62. The smallest absolute Gasteiger partial charge is 0.220 e. The third kappa shape index (κ3) is 5.06. The van der Waals surface area contributed by atoms with Crippen molar-refractivity contribution in [3.8, 4) is 0 Å². The molecule has 2 fully saturated rings. The molecule has 0 bridgehead atoms. The summed E-state index contributed by atoms with van der Waals surface area (Å²) in [5, 5.41) is 16.8. The van der Waals surface area contributed by atoms with Crippen LogP contribution in [0.25, 0.3) is 0 Å². The minimum atomic E-state index is -0.661. The maximum absolute atomic E-state index is 11.9. The highest BCUT2D eigenvalue weighted by Gasteiger charge is 2.31. The summed E-state index contributed by atoms with van der Waals surface area (Å²) < 4.78 is 0. The molecule has 1 saturated heterocycles. The lowest BCUT2D eigenvalue weighted by molar-refractivity contribution is -0.123. The summed E-state index contributed by atoms with van der Waals surface area (Å²) in [6, 6.07) is 0.508. The van der Waals surface area contributed by atoms with Crippen molar-refractivity contribution >= 4 is 5.91 Å². The number of nitrogens with one attached hydrogen (secondary N) is 2. The summed E-state index contributed by atoms with van der Waals surface area (Å²) in [5.41, 5.74) is -0.661. The van der Waals surface area contributed by atoms with Gasteiger partial charge in [-0.15, -0.1) is 0 Å². The molecule has 1 unspecified atom stereocenters. The molecule has 1 aliphatic carbocycles. The third-order valence-corrected chi connectivity index (χ3v) is 4.95. The Kier molecular flexibility index (Phi) is 5.85. The van der Waals surface area contributed by atoms with Gasteiger partial charge in [0.15, 0.2) is 0 Å². The molecule has 1 atom stereocenters. The molecule has 1 aliphatic heterocycles. The summed E-state index contributed by atoms with van der Waals surface area (Å²) in [5.74, 6) is 0.799. The molecule has 0 aromatic carbocycles. The Bertz CT molecular complexity index is 306. The molecular weight excluding hydrogens is 252 g/mol. The van der Waals surface area contributed by atoms with Gasteiger partial charge in [-0.2, -0.15) is 0 Å². The lowest BCUT2D eigenvalue weighted by Gasteiger charge is -2.35. The first-order chi connectivity index (χ1) is 9.57. The minimum absolute atomic E-state index is 0.0874. The monoisotopic (exact) mass is 282 g/mol. The van der Waals surface area contributed by atoms with Gasteiger partial charge in [-0.1, -0.05) is 13.3 Å². The standard InChI is InChI=1S/C16H30N2O2/c1-13-7-9-16(20,10-8-13)12-18-15(19)6-5-14-4-2-3-11-17-14/h13-14,17,20H,2-12H2,1H3,(H,18,19). The number of hydrogen-bond acceptors (Lipinski definition) is 3. The summed E-state index contributed by atoms with van der Waals surface area (Å²) in [6.07, 6.45) is 8.99. The fourth-order valence-corrected chi connectivity index (χ4v) is 3.30. The number of hydrogen-bond donors (Lipinski definition) is 3. The average molecular weight is 282 g/mol.